The molecule has 88 valence electrons. The molecule has 0 heterocycles. The standard InChI is InChI=1S/C10H18O4S/c1-10(2,7-14-15)8(11)5-4-6-9(12)13-3/h4,6,8,11,15H,5,7H2,1-3H3/b6-4+/t8-/m1/s1. The molecule has 0 aromatic carbocycles. The average molecular weight is 234 g/mol. The van der Waals surface area contributed by atoms with Gasteiger partial charge in [0.15, 0.2) is 0 Å². The van der Waals surface area contributed by atoms with Crippen LogP contribution in [0.4, 0.5) is 0 Å². The summed E-state index contributed by atoms with van der Waals surface area (Å²) in [6.45, 7) is 4.06. The van der Waals surface area contributed by atoms with Gasteiger partial charge in [-0.05, 0) is 19.3 Å². The summed E-state index contributed by atoms with van der Waals surface area (Å²) < 4.78 is 9.12. The molecule has 0 aliphatic heterocycles. The number of aliphatic hydroxyl groups excluding tert-OH is 1. The van der Waals surface area contributed by atoms with Crippen molar-refractivity contribution in [1.82, 2.24) is 0 Å². The summed E-state index contributed by atoms with van der Waals surface area (Å²) >= 11 is 3.64. The van der Waals surface area contributed by atoms with Gasteiger partial charge >= 0.3 is 5.97 Å². The van der Waals surface area contributed by atoms with Gasteiger partial charge in [0.1, 0.15) is 0 Å². The molecule has 0 aliphatic carbocycles. The summed E-state index contributed by atoms with van der Waals surface area (Å²) in [5.74, 6) is -0.426. The van der Waals surface area contributed by atoms with Crippen LogP contribution < -0.4 is 0 Å². The van der Waals surface area contributed by atoms with Crippen LogP contribution >= 0.6 is 12.9 Å². The molecule has 0 aromatic rings. The van der Waals surface area contributed by atoms with E-state index in [-0.39, 0.29) is 0 Å². The van der Waals surface area contributed by atoms with Crippen LogP contribution in [0.1, 0.15) is 20.3 Å². The second-order valence-electron chi connectivity index (χ2n) is 3.94. The lowest BCUT2D eigenvalue weighted by Gasteiger charge is -2.28. The summed E-state index contributed by atoms with van der Waals surface area (Å²) in [6, 6.07) is 0. The van der Waals surface area contributed by atoms with Crippen molar-refractivity contribution in [2.45, 2.75) is 26.4 Å². The molecule has 0 saturated carbocycles. The largest absolute Gasteiger partial charge is 0.466 e. The maximum Gasteiger partial charge on any atom is 0.330 e. The molecule has 15 heavy (non-hydrogen) atoms. The summed E-state index contributed by atoms with van der Waals surface area (Å²) in [5, 5.41) is 9.78. The minimum Gasteiger partial charge on any atom is -0.466 e. The molecular formula is C10H18O4S. The molecule has 0 amide bonds. The Morgan fingerprint density at radius 1 is 1.60 bits per heavy atom. The zero-order chi connectivity index (χ0) is 11.9. The highest BCUT2D eigenvalue weighted by molar-refractivity contribution is 7.75. The smallest absolute Gasteiger partial charge is 0.330 e. The van der Waals surface area contributed by atoms with Crippen LogP contribution in [0.15, 0.2) is 12.2 Å². The van der Waals surface area contributed by atoms with E-state index in [1.54, 1.807) is 6.08 Å². The fraction of sp³-hybridized carbons (Fsp3) is 0.700. The molecular weight excluding hydrogens is 216 g/mol. The molecule has 0 bridgehead atoms. The minimum atomic E-state index is -0.592. The van der Waals surface area contributed by atoms with Gasteiger partial charge in [-0.3, -0.25) is 0 Å². The fourth-order valence-corrected chi connectivity index (χ4v) is 1.28. The van der Waals surface area contributed by atoms with E-state index in [2.05, 4.69) is 17.6 Å². The number of hydrogen-bond donors (Lipinski definition) is 2. The normalized spacial score (nSPS) is 14.2. The van der Waals surface area contributed by atoms with Crippen molar-refractivity contribution in [1.29, 1.82) is 0 Å². The van der Waals surface area contributed by atoms with Gasteiger partial charge in [0.2, 0.25) is 0 Å². The fourth-order valence-electron chi connectivity index (χ4n) is 0.943. The predicted octanol–water partition coefficient (Wildman–Crippen LogP) is 1.35. The van der Waals surface area contributed by atoms with E-state index in [1.807, 2.05) is 13.8 Å². The SMILES string of the molecule is COC(=O)/C=C/C[C@@H](O)C(C)(C)COS. The van der Waals surface area contributed by atoms with Crippen molar-refractivity contribution in [3.05, 3.63) is 12.2 Å². The van der Waals surface area contributed by atoms with Crippen LogP contribution in [-0.4, -0.2) is 30.9 Å². The molecule has 0 saturated heterocycles. The number of esters is 1. The van der Waals surface area contributed by atoms with Crippen LogP contribution in [0.3, 0.4) is 0 Å². The zero-order valence-corrected chi connectivity index (χ0v) is 10.2. The number of thiol groups is 1. The number of methoxy groups -OCH3 is 1. The van der Waals surface area contributed by atoms with Crippen molar-refractivity contribution in [3.8, 4) is 0 Å². The summed E-state index contributed by atoms with van der Waals surface area (Å²) in [6.07, 6.45) is 2.65. The van der Waals surface area contributed by atoms with Crippen LogP contribution in [0.5, 0.6) is 0 Å². The molecule has 0 spiro atoms. The number of aliphatic hydroxyl groups is 1. The van der Waals surface area contributed by atoms with Crippen molar-refractivity contribution in [3.63, 3.8) is 0 Å². The average Bonchev–Trinajstić information content (AvgIpc) is 2.17. The Hall–Kier alpha value is -0.520. The van der Waals surface area contributed by atoms with E-state index in [4.69, 9.17) is 4.18 Å². The van der Waals surface area contributed by atoms with Gasteiger partial charge in [0, 0.05) is 11.5 Å². The Kier molecular flexibility index (Phi) is 6.63. The lowest BCUT2D eigenvalue weighted by Crippen LogP contribution is -2.32. The molecule has 0 radical (unpaired) electrons. The third kappa shape index (κ3) is 5.81. The third-order valence-corrected chi connectivity index (χ3v) is 2.28. The number of carbonyl (C=O) groups is 1. The highest BCUT2D eigenvalue weighted by Gasteiger charge is 2.26. The highest BCUT2D eigenvalue weighted by atomic mass is 32.1. The van der Waals surface area contributed by atoms with Gasteiger partial charge in [-0.25, -0.2) is 4.79 Å². The van der Waals surface area contributed by atoms with Gasteiger partial charge < -0.3 is 14.0 Å². The van der Waals surface area contributed by atoms with Crippen molar-refractivity contribution in [2.24, 2.45) is 5.41 Å². The van der Waals surface area contributed by atoms with Gasteiger partial charge in [0.05, 0.1) is 19.8 Å². The van der Waals surface area contributed by atoms with Crippen LogP contribution in [0, 0.1) is 5.41 Å². The summed E-state index contributed by atoms with van der Waals surface area (Å²) in [4.78, 5) is 10.7. The molecule has 0 unspecified atom stereocenters. The van der Waals surface area contributed by atoms with Crippen LogP contribution in [0.25, 0.3) is 0 Å². The molecule has 0 fully saturated rings. The van der Waals surface area contributed by atoms with Crippen LogP contribution in [0.2, 0.25) is 0 Å². The van der Waals surface area contributed by atoms with E-state index in [0.717, 1.165) is 0 Å². The van der Waals surface area contributed by atoms with E-state index < -0.39 is 17.5 Å². The van der Waals surface area contributed by atoms with E-state index in [0.29, 0.717) is 13.0 Å². The number of hydrogen-bond acceptors (Lipinski definition) is 5. The van der Waals surface area contributed by atoms with Gasteiger partial charge in [0.25, 0.3) is 0 Å². The van der Waals surface area contributed by atoms with E-state index in [1.165, 1.54) is 13.2 Å². The topological polar surface area (TPSA) is 55.8 Å². The first-order valence-electron chi connectivity index (χ1n) is 4.63. The second kappa shape index (κ2) is 6.87. The number of ether oxygens (including phenoxy) is 1. The van der Waals surface area contributed by atoms with Crippen LogP contribution in [-0.2, 0) is 13.7 Å². The Morgan fingerprint density at radius 2 is 2.20 bits per heavy atom. The van der Waals surface area contributed by atoms with E-state index >= 15 is 0 Å². The Bertz CT molecular complexity index is 225. The van der Waals surface area contributed by atoms with Gasteiger partial charge in [-0.1, -0.05) is 19.9 Å². The second-order valence-corrected chi connectivity index (χ2v) is 4.20. The first-order valence-corrected chi connectivity index (χ1v) is 4.99. The Morgan fingerprint density at radius 3 is 2.67 bits per heavy atom. The first kappa shape index (κ1) is 14.5. The molecule has 0 aromatic heterocycles. The van der Waals surface area contributed by atoms with E-state index in [9.17, 15) is 9.90 Å². The summed E-state index contributed by atoms with van der Waals surface area (Å²) in [5.41, 5.74) is -0.401. The van der Waals surface area contributed by atoms with Gasteiger partial charge in [-0.2, -0.15) is 0 Å². The maximum atomic E-state index is 10.7. The molecule has 0 aliphatic rings. The molecule has 1 atom stereocenters. The summed E-state index contributed by atoms with van der Waals surface area (Å²) in [7, 11) is 1.31. The predicted molar refractivity (Wildman–Crippen MR) is 60.5 cm³/mol. The van der Waals surface area contributed by atoms with Crippen molar-refractivity contribution >= 4 is 18.9 Å². The number of carbonyl (C=O) groups excluding carboxylic acids is 1. The molecule has 1 N–H and O–H groups in total. The number of rotatable bonds is 6. The Labute approximate surface area is 95.9 Å². The lowest BCUT2D eigenvalue weighted by atomic mass is 9.86. The molecule has 5 heteroatoms. The first-order chi connectivity index (χ1) is 6.94. The molecule has 0 rings (SSSR count). The van der Waals surface area contributed by atoms with Gasteiger partial charge in [-0.15, -0.1) is 0 Å². The monoisotopic (exact) mass is 234 g/mol. The highest BCUT2D eigenvalue weighted by Crippen LogP contribution is 2.24. The van der Waals surface area contributed by atoms with Crippen molar-refractivity contribution in [2.75, 3.05) is 13.7 Å². The third-order valence-electron chi connectivity index (χ3n) is 2.15. The lowest BCUT2D eigenvalue weighted by molar-refractivity contribution is -0.134. The molecule has 4 nitrogen and oxygen atoms in total. The quantitative estimate of drug-likeness (QED) is 0.315. The Balaban J connectivity index is 4.07. The minimum absolute atomic E-state index is 0.337. The maximum absolute atomic E-state index is 10.7. The van der Waals surface area contributed by atoms with Crippen molar-refractivity contribution < 1.29 is 18.8 Å². The zero-order valence-electron chi connectivity index (χ0n) is 9.27.